The van der Waals surface area contributed by atoms with Crippen LogP contribution >= 0.6 is 0 Å². The lowest BCUT2D eigenvalue weighted by atomic mass is 10.1. The molecule has 0 aliphatic rings. The molecule has 0 amide bonds. The Morgan fingerprint density at radius 1 is 0.933 bits per heavy atom. The van der Waals surface area contributed by atoms with Gasteiger partial charge in [0, 0.05) is 24.6 Å². The molecule has 1 heterocycles. The molecular weight excluding hydrogens is 388 g/mol. The standard InChI is InChI=1S/C25H38N2O2Si/c1-20(2)30(21(3)4,22(5)6)29-17-11-15-25(24-14-10-16-26-18-24)27-28-19-23-12-8-7-9-13-23/h7-10,12-14,16,18,20-22H,11,15,17,19H2,1-6H3/b27-25+. The summed E-state index contributed by atoms with van der Waals surface area (Å²) in [7, 11) is -1.83. The highest BCUT2D eigenvalue weighted by atomic mass is 28.4. The fourth-order valence-corrected chi connectivity index (χ4v) is 10.0. The Bertz CT molecular complexity index is 739. The summed E-state index contributed by atoms with van der Waals surface area (Å²) in [6.07, 6.45) is 5.35. The molecule has 30 heavy (non-hydrogen) atoms. The highest BCUT2D eigenvalue weighted by Crippen LogP contribution is 2.42. The van der Waals surface area contributed by atoms with Gasteiger partial charge in [-0.3, -0.25) is 4.98 Å². The predicted octanol–water partition coefficient (Wildman–Crippen LogP) is 6.97. The minimum absolute atomic E-state index is 0.463. The molecule has 0 saturated heterocycles. The van der Waals surface area contributed by atoms with E-state index in [0.717, 1.165) is 36.3 Å². The van der Waals surface area contributed by atoms with Crippen LogP contribution in [0.2, 0.25) is 16.6 Å². The van der Waals surface area contributed by atoms with Crippen LogP contribution in [0.3, 0.4) is 0 Å². The van der Waals surface area contributed by atoms with E-state index < -0.39 is 8.32 Å². The molecule has 0 atom stereocenters. The van der Waals surface area contributed by atoms with Crippen LogP contribution in [0.5, 0.6) is 0 Å². The topological polar surface area (TPSA) is 43.7 Å². The molecular formula is C25H38N2O2Si. The van der Waals surface area contributed by atoms with E-state index in [1.54, 1.807) is 6.20 Å². The Morgan fingerprint density at radius 3 is 2.17 bits per heavy atom. The van der Waals surface area contributed by atoms with Crippen LogP contribution in [0.1, 0.15) is 65.5 Å². The van der Waals surface area contributed by atoms with Crippen LogP contribution in [0.15, 0.2) is 60.0 Å². The SMILES string of the molecule is CC(C)[Si](OCCC/C(=N\OCc1ccccc1)c1cccnc1)(C(C)C)C(C)C. The van der Waals surface area contributed by atoms with Gasteiger partial charge in [0.1, 0.15) is 6.61 Å². The van der Waals surface area contributed by atoms with Crippen LogP contribution in [0, 0.1) is 0 Å². The number of hydrogen-bond donors (Lipinski definition) is 0. The number of benzene rings is 1. The fraction of sp³-hybridized carbons (Fsp3) is 0.520. The summed E-state index contributed by atoms with van der Waals surface area (Å²) in [5.41, 5.74) is 4.82. The van der Waals surface area contributed by atoms with Gasteiger partial charge in [0.25, 0.3) is 0 Å². The van der Waals surface area contributed by atoms with Crippen molar-refractivity contribution >= 4 is 14.0 Å². The molecule has 0 unspecified atom stereocenters. The van der Waals surface area contributed by atoms with Gasteiger partial charge in [-0.25, -0.2) is 0 Å². The molecule has 1 aromatic carbocycles. The van der Waals surface area contributed by atoms with Gasteiger partial charge in [0.15, 0.2) is 8.32 Å². The van der Waals surface area contributed by atoms with E-state index in [4.69, 9.17) is 9.26 Å². The predicted molar refractivity (Wildman–Crippen MR) is 128 cm³/mol. The summed E-state index contributed by atoms with van der Waals surface area (Å²) < 4.78 is 6.70. The second-order valence-corrected chi connectivity index (χ2v) is 14.3. The second kappa shape index (κ2) is 12.0. The van der Waals surface area contributed by atoms with Crippen molar-refractivity contribution in [1.29, 1.82) is 0 Å². The van der Waals surface area contributed by atoms with Crippen LogP contribution in [-0.2, 0) is 15.9 Å². The first kappa shape index (κ1) is 24.3. The first-order valence-corrected chi connectivity index (χ1v) is 13.3. The summed E-state index contributed by atoms with van der Waals surface area (Å²) in [5.74, 6) is 0. The van der Waals surface area contributed by atoms with E-state index in [1.807, 2.05) is 48.7 Å². The molecule has 0 radical (unpaired) electrons. The molecule has 2 rings (SSSR count). The smallest absolute Gasteiger partial charge is 0.200 e. The number of aromatic nitrogens is 1. The van der Waals surface area contributed by atoms with E-state index in [0.29, 0.717) is 23.2 Å². The van der Waals surface area contributed by atoms with Crippen LogP contribution < -0.4 is 0 Å². The summed E-state index contributed by atoms with van der Waals surface area (Å²) in [6.45, 7) is 15.2. The molecule has 0 fully saturated rings. The van der Waals surface area contributed by atoms with Gasteiger partial charge in [-0.2, -0.15) is 0 Å². The third-order valence-corrected chi connectivity index (χ3v) is 12.0. The number of oxime groups is 1. The highest BCUT2D eigenvalue weighted by molar-refractivity contribution is 6.77. The average molecular weight is 427 g/mol. The largest absolute Gasteiger partial charge is 0.416 e. The summed E-state index contributed by atoms with van der Waals surface area (Å²) in [6, 6.07) is 14.1. The lowest BCUT2D eigenvalue weighted by Gasteiger charge is -2.42. The normalized spacial score (nSPS) is 12.8. The third-order valence-electron chi connectivity index (χ3n) is 5.86. The Hall–Kier alpha value is -1.98. The van der Waals surface area contributed by atoms with E-state index in [1.165, 1.54) is 0 Å². The van der Waals surface area contributed by atoms with Crippen molar-refractivity contribution in [3.05, 3.63) is 66.0 Å². The van der Waals surface area contributed by atoms with Gasteiger partial charge in [0.05, 0.1) is 5.71 Å². The first-order chi connectivity index (χ1) is 14.4. The average Bonchev–Trinajstić information content (AvgIpc) is 2.73. The van der Waals surface area contributed by atoms with E-state index in [-0.39, 0.29) is 0 Å². The van der Waals surface area contributed by atoms with Gasteiger partial charge in [-0.05, 0) is 47.2 Å². The Kier molecular flexibility index (Phi) is 9.73. The molecule has 0 aliphatic carbocycles. The van der Waals surface area contributed by atoms with E-state index in [9.17, 15) is 0 Å². The number of rotatable bonds is 12. The molecule has 0 aliphatic heterocycles. The van der Waals surface area contributed by atoms with Crippen LogP contribution in [0.25, 0.3) is 0 Å². The molecule has 1 aromatic heterocycles. The summed E-state index contributed by atoms with van der Waals surface area (Å²) in [5, 5.41) is 4.46. The molecule has 0 spiro atoms. The van der Waals surface area contributed by atoms with E-state index >= 15 is 0 Å². The van der Waals surface area contributed by atoms with Gasteiger partial charge >= 0.3 is 0 Å². The van der Waals surface area contributed by atoms with Gasteiger partial charge in [0.2, 0.25) is 0 Å². The Balaban J connectivity index is 2.01. The molecule has 4 nitrogen and oxygen atoms in total. The quantitative estimate of drug-likeness (QED) is 0.159. The van der Waals surface area contributed by atoms with Crippen molar-refractivity contribution in [2.24, 2.45) is 5.16 Å². The van der Waals surface area contributed by atoms with Gasteiger partial charge in [-0.15, -0.1) is 0 Å². The lowest BCUT2D eigenvalue weighted by molar-refractivity contribution is 0.130. The zero-order valence-corrected chi connectivity index (χ0v) is 20.5. The maximum Gasteiger partial charge on any atom is 0.200 e. The lowest BCUT2D eigenvalue weighted by Crippen LogP contribution is -2.48. The fourth-order valence-electron chi connectivity index (χ4n) is 4.52. The minimum atomic E-state index is -1.83. The maximum absolute atomic E-state index is 6.70. The molecule has 164 valence electrons. The molecule has 0 N–H and O–H groups in total. The Morgan fingerprint density at radius 2 is 1.60 bits per heavy atom. The second-order valence-electron chi connectivity index (χ2n) is 8.81. The zero-order chi connectivity index (χ0) is 22.0. The Labute approximate surface area is 183 Å². The van der Waals surface area contributed by atoms with Crippen molar-refractivity contribution in [3.8, 4) is 0 Å². The van der Waals surface area contributed by atoms with Gasteiger partial charge in [-0.1, -0.05) is 77.0 Å². The highest BCUT2D eigenvalue weighted by Gasteiger charge is 2.44. The first-order valence-electron chi connectivity index (χ1n) is 11.1. The van der Waals surface area contributed by atoms with Crippen LogP contribution in [0.4, 0.5) is 0 Å². The number of pyridine rings is 1. The van der Waals surface area contributed by atoms with Crippen molar-refractivity contribution in [1.82, 2.24) is 4.98 Å². The monoisotopic (exact) mass is 426 g/mol. The number of nitrogens with zero attached hydrogens (tertiary/aromatic N) is 2. The molecule has 0 saturated carbocycles. The summed E-state index contributed by atoms with van der Waals surface area (Å²) >= 11 is 0. The summed E-state index contributed by atoms with van der Waals surface area (Å²) in [4.78, 5) is 9.93. The van der Waals surface area contributed by atoms with E-state index in [2.05, 4.69) is 51.7 Å². The zero-order valence-electron chi connectivity index (χ0n) is 19.5. The van der Waals surface area contributed by atoms with Crippen LogP contribution in [-0.4, -0.2) is 25.6 Å². The molecule has 0 bridgehead atoms. The van der Waals surface area contributed by atoms with Gasteiger partial charge < -0.3 is 9.26 Å². The van der Waals surface area contributed by atoms with Crippen molar-refractivity contribution in [3.63, 3.8) is 0 Å². The maximum atomic E-state index is 6.70. The van der Waals surface area contributed by atoms with Crippen molar-refractivity contribution in [2.45, 2.75) is 77.6 Å². The van der Waals surface area contributed by atoms with Crippen molar-refractivity contribution < 1.29 is 9.26 Å². The molecule has 5 heteroatoms. The van der Waals surface area contributed by atoms with Crippen molar-refractivity contribution in [2.75, 3.05) is 6.61 Å². The minimum Gasteiger partial charge on any atom is -0.416 e. The molecule has 2 aromatic rings. The third kappa shape index (κ3) is 6.51. The number of hydrogen-bond acceptors (Lipinski definition) is 4.